The third kappa shape index (κ3) is 3.23. The van der Waals surface area contributed by atoms with Crippen LogP contribution in [0.25, 0.3) is 0 Å². The van der Waals surface area contributed by atoms with E-state index in [1.807, 2.05) is 44.2 Å². The van der Waals surface area contributed by atoms with E-state index in [1.165, 1.54) is 0 Å². The summed E-state index contributed by atoms with van der Waals surface area (Å²) in [4.78, 5) is 11.9. The third-order valence-corrected chi connectivity index (χ3v) is 2.93. The number of benzene rings is 1. The van der Waals surface area contributed by atoms with Gasteiger partial charge in [-0.05, 0) is 36.8 Å². The minimum atomic E-state index is -0.242. The predicted octanol–water partition coefficient (Wildman–Crippen LogP) is 3.11. The lowest BCUT2D eigenvalue weighted by molar-refractivity contribution is 0.0995. The summed E-state index contributed by atoms with van der Waals surface area (Å²) in [6.45, 7) is 3.90. The first kappa shape index (κ1) is 13.4. The number of hydrogen-bond donors (Lipinski definition) is 2. The monoisotopic (exact) mass is 258 g/mol. The highest BCUT2D eigenvalue weighted by Gasteiger charge is 2.10. The summed E-state index contributed by atoms with van der Waals surface area (Å²) < 4.78 is 5.40. The molecule has 100 valence electrons. The average molecular weight is 258 g/mol. The van der Waals surface area contributed by atoms with Gasteiger partial charge in [-0.1, -0.05) is 19.1 Å². The molecule has 4 nitrogen and oxygen atoms in total. The second-order valence-electron chi connectivity index (χ2n) is 4.48. The van der Waals surface area contributed by atoms with Crippen LogP contribution >= 0.6 is 0 Å². The molecule has 0 fully saturated rings. The zero-order valence-corrected chi connectivity index (χ0v) is 11.1. The largest absolute Gasteiger partial charge is 0.456 e. The van der Waals surface area contributed by atoms with Gasteiger partial charge in [-0.25, -0.2) is 0 Å². The van der Waals surface area contributed by atoms with Crippen molar-refractivity contribution in [1.82, 2.24) is 0 Å². The predicted molar refractivity (Wildman–Crippen MR) is 75.1 cm³/mol. The van der Waals surface area contributed by atoms with Crippen molar-refractivity contribution in [3.8, 4) is 0 Å². The van der Waals surface area contributed by atoms with Crippen molar-refractivity contribution in [3.05, 3.63) is 53.5 Å². The Kier molecular flexibility index (Phi) is 4.02. The maximum Gasteiger partial charge on any atom is 0.291 e. The summed E-state index contributed by atoms with van der Waals surface area (Å²) in [5.74, 6) is 0.888. The number of nitrogens with one attached hydrogen (secondary N) is 1. The second kappa shape index (κ2) is 5.71. The first-order valence-electron chi connectivity index (χ1n) is 6.35. The Balaban J connectivity index is 2.06. The van der Waals surface area contributed by atoms with Crippen LogP contribution in [0, 0.1) is 0 Å². The van der Waals surface area contributed by atoms with E-state index in [-0.39, 0.29) is 11.9 Å². The van der Waals surface area contributed by atoms with E-state index in [0.717, 1.165) is 23.4 Å². The van der Waals surface area contributed by atoms with Crippen LogP contribution in [0.15, 0.2) is 40.8 Å². The number of aryl methyl sites for hydroxylation is 1. The first-order valence-corrected chi connectivity index (χ1v) is 6.35. The van der Waals surface area contributed by atoms with Crippen LogP contribution in [-0.2, 0) is 6.42 Å². The molecule has 4 heteroatoms. The summed E-state index contributed by atoms with van der Waals surface area (Å²) >= 11 is 0. The van der Waals surface area contributed by atoms with E-state index in [9.17, 15) is 4.79 Å². The molecular weight excluding hydrogens is 240 g/mol. The Morgan fingerprint density at radius 3 is 2.47 bits per heavy atom. The molecule has 2 rings (SSSR count). The molecule has 2 aromatic rings. The molecule has 1 atom stereocenters. The zero-order chi connectivity index (χ0) is 13.8. The average Bonchev–Trinajstić information content (AvgIpc) is 2.88. The maximum absolute atomic E-state index is 11.9. The normalized spacial score (nSPS) is 12.2. The molecule has 0 spiro atoms. The quantitative estimate of drug-likeness (QED) is 0.885. The van der Waals surface area contributed by atoms with Gasteiger partial charge in [-0.3, -0.25) is 4.79 Å². The van der Waals surface area contributed by atoms with Gasteiger partial charge in [0.05, 0.1) is 0 Å². The molecular formula is C15H18N2O2. The fourth-order valence-corrected chi connectivity index (χ4v) is 1.75. The van der Waals surface area contributed by atoms with Gasteiger partial charge in [-0.15, -0.1) is 0 Å². The molecule has 1 aromatic carbocycles. The number of anilines is 1. The number of amides is 1. The van der Waals surface area contributed by atoms with Crippen LogP contribution in [0.4, 0.5) is 5.69 Å². The SMILES string of the molecule is CCc1ccc(C(=O)Nc2ccc(C(C)N)cc2)o1. The molecule has 0 aliphatic heterocycles. The van der Waals surface area contributed by atoms with E-state index in [2.05, 4.69) is 5.32 Å². The number of furan rings is 1. The molecule has 1 aromatic heterocycles. The van der Waals surface area contributed by atoms with Gasteiger partial charge < -0.3 is 15.5 Å². The number of rotatable bonds is 4. The van der Waals surface area contributed by atoms with Gasteiger partial charge in [0.1, 0.15) is 5.76 Å². The molecule has 1 unspecified atom stereocenters. The number of carbonyl (C=O) groups excluding carboxylic acids is 1. The van der Waals surface area contributed by atoms with E-state index >= 15 is 0 Å². The first-order chi connectivity index (χ1) is 9.10. The Morgan fingerprint density at radius 2 is 1.95 bits per heavy atom. The van der Waals surface area contributed by atoms with E-state index < -0.39 is 0 Å². The van der Waals surface area contributed by atoms with Crippen molar-refractivity contribution in [2.75, 3.05) is 5.32 Å². The van der Waals surface area contributed by atoms with Gasteiger partial charge in [0.15, 0.2) is 5.76 Å². The van der Waals surface area contributed by atoms with E-state index in [4.69, 9.17) is 10.2 Å². The Labute approximate surface area is 112 Å². The molecule has 0 bridgehead atoms. The van der Waals surface area contributed by atoms with Gasteiger partial charge >= 0.3 is 0 Å². The highest BCUT2D eigenvalue weighted by atomic mass is 16.3. The highest BCUT2D eigenvalue weighted by molar-refractivity contribution is 6.02. The second-order valence-corrected chi connectivity index (χ2v) is 4.48. The topological polar surface area (TPSA) is 68.3 Å². The van der Waals surface area contributed by atoms with E-state index in [1.54, 1.807) is 6.07 Å². The lowest BCUT2D eigenvalue weighted by atomic mass is 10.1. The van der Waals surface area contributed by atoms with Crippen LogP contribution in [0.5, 0.6) is 0 Å². The molecule has 0 aliphatic carbocycles. The molecule has 1 amide bonds. The summed E-state index contributed by atoms with van der Waals surface area (Å²) in [5.41, 5.74) is 7.53. The van der Waals surface area contributed by atoms with Gasteiger partial charge in [-0.2, -0.15) is 0 Å². The van der Waals surface area contributed by atoms with Crippen LogP contribution in [-0.4, -0.2) is 5.91 Å². The summed E-state index contributed by atoms with van der Waals surface area (Å²) in [6, 6.07) is 11.0. The van der Waals surface area contributed by atoms with Crippen molar-refractivity contribution in [2.24, 2.45) is 5.73 Å². The fourth-order valence-electron chi connectivity index (χ4n) is 1.75. The van der Waals surface area contributed by atoms with Crippen molar-refractivity contribution >= 4 is 11.6 Å². The standard InChI is InChI=1S/C15H18N2O2/c1-3-13-8-9-14(19-13)15(18)17-12-6-4-11(5-7-12)10(2)16/h4-10H,3,16H2,1-2H3,(H,17,18). The minimum Gasteiger partial charge on any atom is -0.456 e. The molecule has 3 N–H and O–H groups in total. The Hall–Kier alpha value is -2.07. The molecule has 0 saturated carbocycles. The molecule has 0 aliphatic rings. The molecule has 19 heavy (non-hydrogen) atoms. The molecule has 0 saturated heterocycles. The molecule has 1 heterocycles. The maximum atomic E-state index is 11.9. The van der Waals surface area contributed by atoms with Crippen LogP contribution in [0.3, 0.4) is 0 Å². The van der Waals surface area contributed by atoms with Gasteiger partial charge in [0.2, 0.25) is 0 Å². The van der Waals surface area contributed by atoms with Gasteiger partial charge in [0, 0.05) is 18.2 Å². The van der Waals surface area contributed by atoms with Crippen molar-refractivity contribution in [2.45, 2.75) is 26.3 Å². The highest BCUT2D eigenvalue weighted by Crippen LogP contribution is 2.16. The fraction of sp³-hybridized carbons (Fsp3) is 0.267. The third-order valence-electron chi connectivity index (χ3n) is 2.93. The smallest absolute Gasteiger partial charge is 0.291 e. The zero-order valence-electron chi connectivity index (χ0n) is 11.1. The Morgan fingerprint density at radius 1 is 1.26 bits per heavy atom. The van der Waals surface area contributed by atoms with Crippen LogP contribution < -0.4 is 11.1 Å². The minimum absolute atomic E-state index is 0.0121. The lowest BCUT2D eigenvalue weighted by Gasteiger charge is -2.07. The van der Waals surface area contributed by atoms with Crippen LogP contribution in [0.2, 0.25) is 0 Å². The van der Waals surface area contributed by atoms with Crippen LogP contribution in [0.1, 0.15) is 41.8 Å². The van der Waals surface area contributed by atoms with E-state index in [0.29, 0.717) is 5.76 Å². The number of carbonyl (C=O) groups is 1. The summed E-state index contributed by atoms with van der Waals surface area (Å²) in [6.07, 6.45) is 0.774. The number of nitrogens with two attached hydrogens (primary N) is 1. The molecule has 0 radical (unpaired) electrons. The Bertz CT molecular complexity index is 556. The summed E-state index contributed by atoms with van der Waals surface area (Å²) in [5, 5.41) is 2.79. The van der Waals surface area contributed by atoms with Gasteiger partial charge in [0.25, 0.3) is 5.91 Å². The van der Waals surface area contributed by atoms with Crippen molar-refractivity contribution < 1.29 is 9.21 Å². The number of hydrogen-bond acceptors (Lipinski definition) is 3. The lowest BCUT2D eigenvalue weighted by Crippen LogP contribution is -2.11. The summed E-state index contributed by atoms with van der Waals surface area (Å²) in [7, 11) is 0. The van der Waals surface area contributed by atoms with Crippen molar-refractivity contribution in [3.63, 3.8) is 0 Å². The van der Waals surface area contributed by atoms with Crippen molar-refractivity contribution in [1.29, 1.82) is 0 Å².